The van der Waals surface area contributed by atoms with Gasteiger partial charge in [-0.2, -0.15) is 4.31 Å². The number of aromatic nitrogens is 2. The molecule has 0 aliphatic carbocycles. The van der Waals surface area contributed by atoms with Crippen molar-refractivity contribution in [1.82, 2.24) is 19.2 Å². The zero-order valence-corrected chi connectivity index (χ0v) is 22.8. The summed E-state index contributed by atoms with van der Waals surface area (Å²) in [5, 5.41) is 0. The molecule has 2 fully saturated rings. The summed E-state index contributed by atoms with van der Waals surface area (Å²) in [6.45, 7) is 4.11. The van der Waals surface area contributed by atoms with Gasteiger partial charge in [-0.3, -0.25) is 19.4 Å². The summed E-state index contributed by atoms with van der Waals surface area (Å²) < 4.78 is 27.8. The van der Waals surface area contributed by atoms with Crippen LogP contribution >= 0.6 is 0 Å². The number of ketones is 1. The van der Waals surface area contributed by atoms with E-state index in [1.165, 1.54) is 16.6 Å². The Balaban J connectivity index is 1.41. The van der Waals surface area contributed by atoms with Gasteiger partial charge in [-0.1, -0.05) is 50.2 Å². The van der Waals surface area contributed by atoms with Gasteiger partial charge in [-0.15, -0.1) is 0 Å². The van der Waals surface area contributed by atoms with Crippen LogP contribution in [0.4, 0.5) is 0 Å². The average Bonchev–Trinajstić information content (AvgIpc) is 3.50. The number of fused-ring (bicyclic) bond motifs is 1. The van der Waals surface area contributed by atoms with Crippen LogP contribution in [0.15, 0.2) is 71.9 Å². The molecule has 5 rings (SSSR count). The molecule has 1 aromatic carbocycles. The van der Waals surface area contributed by atoms with Crippen LogP contribution in [0.1, 0.15) is 43.7 Å². The predicted molar refractivity (Wildman–Crippen MR) is 147 cm³/mol. The van der Waals surface area contributed by atoms with Crippen LogP contribution in [-0.2, 0) is 25.4 Å². The molecule has 0 spiro atoms. The van der Waals surface area contributed by atoms with Gasteiger partial charge in [0.15, 0.2) is 5.78 Å². The molecule has 9 nitrogen and oxygen atoms in total. The van der Waals surface area contributed by atoms with E-state index in [4.69, 9.17) is 0 Å². The summed E-state index contributed by atoms with van der Waals surface area (Å²) in [5.41, 5.74) is 2.39. The molecule has 2 aliphatic rings. The number of aromatic amines is 1. The molecule has 3 unspecified atom stereocenters. The maximum atomic E-state index is 14.1. The monoisotopic (exact) mass is 548 g/mol. The van der Waals surface area contributed by atoms with E-state index in [9.17, 15) is 22.8 Å². The van der Waals surface area contributed by atoms with E-state index < -0.39 is 39.3 Å². The Hall–Kier alpha value is -3.63. The van der Waals surface area contributed by atoms with Crippen LogP contribution < -0.4 is 5.56 Å². The number of amides is 1. The summed E-state index contributed by atoms with van der Waals surface area (Å²) in [7, 11) is -3.95. The maximum Gasteiger partial charge on any atom is 0.252 e. The number of Topliss-reactive ketones (excluding diaryl/α,β-unsaturated/α-hetero) is 1. The smallest absolute Gasteiger partial charge is 0.252 e. The minimum Gasteiger partial charge on any atom is -0.330 e. The molecule has 3 aromatic rings. The second-order valence-electron chi connectivity index (χ2n) is 10.7. The van der Waals surface area contributed by atoms with Crippen molar-refractivity contribution < 1.29 is 18.0 Å². The summed E-state index contributed by atoms with van der Waals surface area (Å²) in [6.07, 6.45) is 5.89. The number of sulfonamides is 1. The Labute approximate surface area is 227 Å². The summed E-state index contributed by atoms with van der Waals surface area (Å²) in [4.78, 5) is 47.6. The molecule has 1 amide bonds. The Morgan fingerprint density at radius 3 is 2.62 bits per heavy atom. The Kier molecular flexibility index (Phi) is 7.51. The first kappa shape index (κ1) is 27.0. The number of benzene rings is 1. The summed E-state index contributed by atoms with van der Waals surface area (Å²) in [6, 6.07) is 13.2. The molecule has 0 saturated carbocycles. The van der Waals surface area contributed by atoms with Crippen LogP contribution in [0, 0.1) is 5.92 Å². The summed E-state index contributed by atoms with van der Waals surface area (Å²) in [5.74, 6) is -1.19. The van der Waals surface area contributed by atoms with Crippen LogP contribution in [0.25, 0.3) is 11.1 Å². The van der Waals surface area contributed by atoms with E-state index in [1.807, 2.05) is 36.4 Å². The topological polar surface area (TPSA) is 121 Å². The van der Waals surface area contributed by atoms with Gasteiger partial charge >= 0.3 is 0 Å². The molecule has 10 heteroatoms. The first-order valence-corrected chi connectivity index (χ1v) is 14.8. The second kappa shape index (κ2) is 10.9. The first-order chi connectivity index (χ1) is 18.7. The second-order valence-corrected chi connectivity index (χ2v) is 12.6. The molecular formula is C29H32N4O5S. The molecule has 204 valence electrons. The normalized spacial score (nSPS) is 20.4. The number of rotatable bonds is 8. The molecule has 0 bridgehead atoms. The van der Waals surface area contributed by atoms with Gasteiger partial charge in [0.05, 0.1) is 24.3 Å². The highest BCUT2D eigenvalue weighted by Gasteiger charge is 2.54. The van der Waals surface area contributed by atoms with E-state index in [-0.39, 0.29) is 29.7 Å². The number of nitrogens with zero attached hydrogens (tertiary/aromatic N) is 3. The highest BCUT2D eigenvalue weighted by atomic mass is 32.2. The van der Waals surface area contributed by atoms with E-state index >= 15 is 0 Å². The Bertz CT molecular complexity index is 1540. The van der Waals surface area contributed by atoms with Gasteiger partial charge < -0.3 is 9.88 Å². The molecule has 4 heterocycles. The molecule has 1 N–H and O–H groups in total. The minimum atomic E-state index is -3.95. The molecule has 2 aliphatic heterocycles. The van der Waals surface area contributed by atoms with E-state index in [0.29, 0.717) is 19.4 Å². The highest BCUT2D eigenvalue weighted by Crippen LogP contribution is 2.37. The number of hydrogen-bond donors (Lipinski definition) is 1. The van der Waals surface area contributed by atoms with Crippen LogP contribution in [0.2, 0.25) is 0 Å². The lowest BCUT2D eigenvalue weighted by atomic mass is 9.87. The van der Waals surface area contributed by atoms with Gasteiger partial charge in [0.2, 0.25) is 15.9 Å². The average molecular weight is 549 g/mol. The maximum absolute atomic E-state index is 14.1. The van der Waals surface area contributed by atoms with Crippen molar-refractivity contribution in [1.29, 1.82) is 0 Å². The number of pyridine rings is 2. The van der Waals surface area contributed by atoms with Crippen molar-refractivity contribution >= 4 is 21.7 Å². The number of hydrogen-bond acceptors (Lipinski definition) is 6. The van der Waals surface area contributed by atoms with Crippen LogP contribution in [0.5, 0.6) is 0 Å². The highest BCUT2D eigenvalue weighted by molar-refractivity contribution is 7.88. The van der Waals surface area contributed by atoms with E-state index in [2.05, 4.69) is 23.8 Å². The molecule has 2 saturated heterocycles. The number of carbonyl (C=O) groups excluding carboxylic acids is 2. The third-order valence-electron chi connectivity index (χ3n) is 7.54. The Morgan fingerprint density at radius 1 is 1.10 bits per heavy atom. The van der Waals surface area contributed by atoms with Gasteiger partial charge in [-0.25, -0.2) is 8.42 Å². The lowest BCUT2D eigenvalue weighted by Crippen LogP contribution is -2.45. The van der Waals surface area contributed by atoms with Gasteiger partial charge in [0, 0.05) is 30.7 Å². The fourth-order valence-corrected chi connectivity index (χ4v) is 7.49. The predicted octanol–water partition coefficient (Wildman–Crippen LogP) is 2.95. The van der Waals surface area contributed by atoms with Crippen molar-refractivity contribution in [2.24, 2.45) is 5.92 Å². The minimum absolute atomic E-state index is 0.116. The number of likely N-dealkylation sites (tertiary alicyclic amines) is 1. The van der Waals surface area contributed by atoms with Gasteiger partial charge in [-0.05, 0) is 47.6 Å². The third kappa shape index (κ3) is 5.44. The number of carbonyl (C=O) groups is 2. The SMILES string of the molecule is CC(C)CC(C(=O)N1CCC2C1C(=O)CN2S(=O)(=O)Cc1ccc[nH]c1=O)c1cccc(-c2cccnc2)c1. The van der Waals surface area contributed by atoms with Crippen molar-refractivity contribution in [3.8, 4) is 11.1 Å². The van der Waals surface area contributed by atoms with Crippen molar-refractivity contribution in [2.75, 3.05) is 13.1 Å². The third-order valence-corrected chi connectivity index (χ3v) is 9.33. The van der Waals surface area contributed by atoms with E-state index in [1.54, 1.807) is 23.4 Å². The Morgan fingerprint density at radius 2 is 1.90 bits per heavy atom. The molecular weight excluding hydrogens is 516 g/mol. The van der Waals surface area contributed by atoms with Crippen molar-refractivity contribution in [2.45, 2.75) is 50.4 Å². The van der Waals surface area contributed by atoms with Gasteiger partial charge in [0.25, 0.3) is 5.56 Å². The van der Waals surface area contributed by atoms with Crippen LogP contribution in [-0.4, -0.2) is 64.5 Å². The van der Waals surface area contributed by atoms with Gasteiger partial charge in [0.1, 0.15) is 6.04 Å². The van der Waals surface area contributed by atoms with Crippen LogP contribution in [0.3, 0.4) is 0 Å². The fourth-order valence-electron chi connectivity index (χ4n) is 5.75. The zero-order chi connectivity index (χ0) is 27.7. The quantitative estimate of drug-likeness (QED) is 0.462. The first-order valence-electron chi connectivity index (χ1n) is 13.2. The van der Waals surface area contributed by atoms with E-state index in [0.717, 1.165) is 16.7 Å². The summed E-state index contributed by atoms with van der Waals surface area (Å²) >= 11 is 0. The fraction of sp³-hybridized carbons (Fsp3) is 0.379. The lowest BCUT2D eigenvalue weighted by molar-refractivity contribution is -0.138. The molecule has 2 aromatic heterocycles. The standard InChI is InChI=1S/C29H32N4O5S/c1-19(2)14-24(21-7-3-6-20(15-21)22-8-4-11-30-16-22)29(36)32-13-10-25-27(32)26(34)17-33(25)39(37,38)18-23-9-5-12-31-28(23)35/h3-9,11-12,15-16,19,24-25,27H,10,13-14,17-18H2,1-2H3,(H,31,35). The molecule has 3 atom stereocenters. The largest absolute Gasteiger partial charge is 0.330 e. The molecule has 0 radical (unpaired) electrons. The zero-order valence-electron chi connectivity index (χ0n) is 22.0. The molecule has 39 heavy (non-hydrogen) atoms. The number of H-pyrrole nitrogens is 1. The lowest BCUT2D eigenvalue weighted by Gasteiger charge is -2.29. The van der Waals surface area contributed by atoms with Crippen molar-refractivity contribution in [3.05, 3.63) is 88.6 Å². The van der Waals surface area contributed by atoms with Crippen molar-refractivity contribution in [3.63, 3.8) is 0 Å². The number of nitrogens with one attached hydrogen (secondary N) is 1.